The molecule has 2 rings (SSSR count). The van der Waals surface area contributed by atoms with E-state index in [-0.39, 0.29) is 12.5 Å². The molecule has 0 saturated carbocycles. The summed E-state index contributed by atoms with van der Waals surface area (Å²) in [5.41, 5.74) is 0.0869. The van der Waals surface area contributed by atoms with Gasteiger partial charge in [-0.15, -0.1) is 0 Å². The topological polar surface area (TPSA) is 84.7 Å². The van der Waals surface area contributed by atoms with Gasteiger partial charge >= 0.3 is 6.09 Å². The van der Waals surface area contributed by atoms with Crippen LogP contribution in [0, 0.1) is 6.92 Å². The van der Waals surface area contributed by atoms with Crippen LogP contribution in [0.2, 0.25) is 0 Å². The Morgan fingerprint density at radius 2 is 2.17 bits per heavy atom. The number of aromatic nitrogens is 1. The Balaban J connectivity index is 1.96. The number of hydrogen-bond acceptors (Lipinski definition) is 5. The van der Waals surface area contributed by atoms with Gasteiger partial charge in [-0.25, -0.2) is 4.79 Å². The highest BCUT2D eigenvalue weighted by molar-refractivity contribution is 5.85. The zero-order valence-corrected chi connectivity index (χ0v) is 14.2. The van der Waals surface area contributed by atoms with Gasteiger partial charge in [-0.3, -0.25) is 9.69 Å². The van der Waals surface area contributed by atoms with Gasteiger partial charge in [0.05, 0.1) is 6.54 Å². The third-order valence-electron chi connectivity index (χ3n) is 3.55. The van der Waals surface area contributed by atoms with Gasteiger partial charge in [-0.05, 0) is 47.0 Å². The highest BCUT2D eigenvalue weighted by atomic mass is 16.6. The van der Waals surface area contributed by atoms with Crippen molar-refractivity contribution in [1.82, 2.24) is 15.4 Å². The van der Waals surface area contributed by atoms with Crippen LogP contribution in [0.3, 0.4) is 0 Å². The maximum absolute atomic E-state index is 12.4. The summed E-state index contributed by atoms with van der Waals surface area (Å²) in [5, 5.41) is 6.66. The monoisotopic (exact) mass is 323 g/mol. The largest absolute Gasteiger partial charge is 0.444 e. The van der Waals surface area contributed by atoms with Crippen molar-refractivity contribution in [1.29, 1.82) is 0 Å². The number of nitrogens with zero attached hydrogens (tertiary/aromatic N) is 2. The summed E-state index contributed by atoms with van der Waals surface area (Å²) in [6.45, 7) is 8.07. The third kappa shape index (κ3) is 4.97. The summed E-state index contributed by atoms with van der Waals surface area (Å²) in [5.74, 6) is 0.513. The molecule has 0 bridgehead atoms. The van der Waals surface area contributed by atoms with Crippen molar-refractivity contribution in [2.45, 2.75) is 65.1 Å². The van der Waals surface area contributed by atoms with Crippen molar-refractivity contribution >= 4 is 12.0 Å². The summed E-state index contributed by atoms with van der Waals surface area (Å²) in [6.07, 6.45) is 2.00. The minimum atomic E-state index is -0.576. The maximum atomic E-state index is 12.4. The van der Waals surface area contributed by atoms with Gasteiger partial charge in [0.15, 0.2) is 0 Å². The van der Waals surface area contributed by atoms with Crippen molar-refractivity contribution < 1.29 is 18.8 Å². The molecule has 1 saturated heterocycles. The van der Waals surface area contributed by atoms with E-state index in [0.717, 1.165) is 12.8 Å². The number of nitrogens with one attached hydrogen (secondary N) is 1. The van der Waals surface area contributed by atoms with E-state index in [4.69, 9.17) is 9.26 Å². The standard InChI is InChI=1S/C16H25N3O4/c1-11-9-12(18-23-11)10-17-14(20)13-7-5-6-8-19(13)15(21)22-16(2,3)4/h9,13H,5-8,10H2,1-4H3,(H,17,20)/t13-/m0/s1. The van der Waals surface area contributed by atoms with E-state index >= 15 is 0 Å². The first-order valence-electron chi connectivity index (χ1n) is 7.96. The van der Waals surface area contributed by atoms with E-state index in [9.17, 15) is 9.59 Å². The zero-order valence-electron chi connectivity index (χ0n) is 14.2. The normalized spacial score (nSPS) is 18.6. The molecule has 1 N–H and O–H groups in total. The number of rotatable bonds is 3. The molecule has 1 aromatic heterocycles. The Labute approximate surface area is 136 Å². The van der Waals surface area contributed by atoms with Gasteiger partial charge < -0.3 is 14.6 Å². The molecule has 2 heterocycles. The first-order valence-corrected chi connectivity index (χ1v) is 7.96. The van der Waals surface area contributed by atoms with Crippen LogP contribution in [0.1, 0.15) is 51.5 Å². The van der Waals surface area contributed by atoms with E-state index < -0.39 is 17.7 Å². The lowest BCUT2D eigenvalue weighted by molar-refractivity contribution is -0.127. The van der Waals surface area contributed by atoms with E-state index in [1.54, 1.807) is 13.0 Å². The van der Waals surface area contributed by atoms with Crippen LogP contribution in [0.4, 0.5) is 4.79 Å². The van der Waals surface area contributed by atoms with Gasteiger partial charge in [-0.1, -0.05) is 5.16 Å². The van der Waals surface area contributed by atoms with Gasteiger partial charge in [0.1, 0.15) is 23.1 Å². The van der Waals surface area contributed by atoms with Crippen LogP contribution in [0.15, 0.2) is 10.6 Å². The van der Waals surface area contributed by atoms with Crippen LogP contribution in [-0.4, -0.2) is 40.2 Å². The molecule has 1 atom stereocenters. The number of piperidine rings is 1. The number of aryl methyl sites for hydroxylation is 1. The summed E-state index contributed by atoms with van der Waals surface area (Å²) in [7, 11) is 0. The number of amides is 2. The van der Waals surface area contributed by atoms with Crippen molar-refractivity contribution in [2.24, 2.45) is 0 Å². The molecule has 1 aromatic rings. The van der Waals surface area contributed by atoms with Crippen LogP contribution in [0.5, 0.6) is 0 Å². The van der Waals surface area contributed by atoms with Gasteiger partial charge in [-0.2, -0.15) is 0 Å². The highest BCUT2D eigenvalue weighted by Crippen LogP contribution is 2.20. The SMILES string of the molecule is Cc1cc(CNC(=O)[C@@H]2CCCCN2C(=O)OC(C)(C)C)no1. The number of likely N-dealkylation sites (tertiary alicyclic amines) is 1. The van der Waals surface area contributed by atoms with E-state index in [1.165, 1.54) is 4.90 Å². The molecule has 0 aliphatic carbocycles. The fourth-order valence-corrected chi connectivity index (χ4v) is 2.54. The average molecular weight is 323 g/mol. The molecule has 23 heavy (non-hydrogen) atoms. The second-order valence-corrected chi connectivity index (χ2v) is 6.83. The quantitative estimate of drug-likeness (QED) is 0.923. The Bertz CT molecular complexity index is 562. The van der Waals surface area contributed by atoms with Crippen LogP contribution >= 0.6 is 0 Å². The van der Waals surface area contributed by atoms with Crippen molar-refractivity contribution in [3.8, 4) is 0 Å². The van der Waals surface area contributed by atoms with Crippen LogP contribution < -0.4 is 5.32 Å². The lowest BCUT2D eigenvalue weighted by atomic mass is 10.0. The molecule has 7 heteroatoms. The fourth-order valence-electron chi connectivity index (χ4n) is 2.54. The van der Waals surface area contributed by atoms with Gasteiger partial charge in [0, 0.05) is 12.6 Å². The molecule has 0 unspecified atom stereocenters. The van der Waals surface area contributed by atoms with Crippen LogP contribution in [-0.2, 0) is 16.1 Å². The molecular formula is C16H25N3O4. The van der Waals surface area contributed by atoms with Gasteiger partial charge in [0.2, 0.25) is 5.91 Å². The molecule has 1 aliphatic heterocycles. The number of carbonyl (C=O) groups excluding carboxylic acids is 2. The molecule has 1 fully saturated rings. The predicted octanol–water partition coefficient (Wildman–Crippen LogP) is 2.39. The molecule has 0 radical (unpaired) electrons. The second-order valence-electron chi connectivity index (χ2n) is 6.83. The highest BCUT2D eigenvalue weighted by Gasteiger charge is 2.34. The van der Waals surface area contributed by atoms with Crippen molar-refractivity contribution in [3.63, 3.8) is 0 Å². The predicted molar refractivity (Wildman–Crippen MR) is 83.7 cm³/mol. The lowest BCUT2D eigenvalue weighted by Gasteiger charge is -2.35. The summed E-state index contributed by atoms with van der Waals surface area (Å²) < 4.78 is 10.4. The number of hydrogen-bond donors (Lipinski definition) is 1. The Hall–Kier alpha value is -2.05. The van der Waals surface area contributed by atoms with Crippen LogP contribution in [0.25, 0.3) is 0 Å². The maximum Gasteiger partial charge on any atom is 0.410 e. The molecule has 2 amide bonds. The van der Waals surface area contributed by atoms with E-state index in [0.29, 0.717) is 24.4 Å². The Morgan fingerprint density at radius 1 is 1.43 bits per heavy atom. The average Bonchev–Trinajstić information content (AvgIpc) is 2.88. The zero-order chi connectivity index (χ0) is 17.0. The molecule has 0 spiro atoms. The van der Waals surface area contributed by atoms with Crippen molar-refractivity contribution in [2.75, 3.05) is 6.54 Å². The third-order valence-corrected chi connectivity index (χ3v) is 3.55. The molecule has 7 nitrogen and oxygen atoms in total. The second kappa shape index (κ2) is 7.02. The number of carbonyl (C=O) groups is 2. The smallest absolute Gasteiger partial charge is 0.410 e. The summed E-state index contributed by atoms with van der Waals surface area (Å²) in [4.78, 5) is 26.3. The fraction of sp³-hybridized carbons (Fsp3) is 0.688. The minimum absolute atomic E-state index is 0.184. The lowest BCUT2D eigenvalue weighted by Crippen LogP contribution is -2.53. The number of ether oxygens (including phenoxy) is 1. The first kappa shape index (κ1) is 17.3. The van der Waals surface area contributed by atoms with E-state index in [1.807, 2.05) is 20.8 Å². The Kier molecular flexibility index (Phi) is 5.28. The Morgan fingerprint density at radius 3 is 2.78 bits per heavy atom. The van der Waals surface area contributed by atoms with Gasteiger partial charge in [0.25, 0.3) is 0 Å². The molecule has 128 valence electrons. The van der Waals surface area contributed by atoms with E-state index in [2.05, 4.69) is 10.5 Å². The minimum Gasteiger partial charge on any atom is -0.444 e. The summed E-state index contributed by atoms with van der Waals surface area (Å²) >= 11 is 0. The first-order chi connectivity index (χ1) is 10.8. The summed E-state index contributed by atoms with van der Waals surface area (Å²) in [6, 6.07) is 1.28. The molecular weight excluding hydrogens is 298 g/mol. The molecule has 0 aromatic carbocycles. The van der Waals surface area contributed by atoms with Crippen molar-refractivity contribution in [3.05, 3.63) is 17.5 Å². The molecule has 1 aliphatic rings.